The molecular formula is C22H31N3O4. The lowest BCUT2D eigenvalue weighted by molar-refractivity contribution is 0.0925. The number of β-amino-alcohol motifs (C(OH)–C–C–N with tert-alkyl or cyclic N) is 1. The van der Waals surface area contributed by atoms with Gasteiger partial charge in [-0.1, -0.05) is 18.2 Å². The van der Waals surface area contributed by atoms with Crippen LogP contribution >= 0.6 is 0 Å². The Bertz CT molecular complexity index is 888. The van der Waals surface area contributed by atoms with Gasteiger partial charge < -0.3 is 19.5 Å². The molecule has 158 valence electrons. The highest BCUT2D eigenvalue weighted by Gasteiger charge is 2.32. The summed E-state index contributed by atoms with van der Waals surface area (Å²) >= 11 is 0. The fourth-order valence-corrected chi connectivity index (χ4v) is 4.23. The van der Waals surface area contributed by atoms with Crippen molar-refractivity contribution in [1.82, 2.24) is 14.4 Å². The number of aryl methyl sites for hydroxylation is 1. The minimum Gasteiger partial charge on any atom is -0.507 e. The molecule has 1 fully saturated rings. The van der Waals surface area contributed by atoms with Gasteiger partial charge >= 0.3 is 0 Å². The Kier molecular flexibility index (Phi) is 6.95. The highest BCUT2D eigenvalue weighted by atomic mass is 16.5. The fraction of sp³-hybridized carbons (Fsp3) is 0.500. The Morgan fingerprint density at radius 3 is 2.48 bits per heavy atom. The van der Waals surface area contributed by atoms with Crippen molar-refractivity contribution in [1.29, 1.82) is 0 Å². The molecular weight excluding hydrogens is 370 g/mol. The lowest BCUT2D eigenvalue weighted by Crippen LogP contribution is -2.49. The van der Waals surface area contributed by atoms with E-state index in [0.29, 0.717) is 24.4 Å². The number of piperazine rings is 1. The summed E-state index contributed by atoms with van der Waals surface area (Å²) in [4.78, 5) is 17.8. The minimum atomic E-state index is -0.409. The number of benzene rings is 1. The maximum atomic E-state index is 13.4. The van der Waals surface area contributed by atoms with Gasteiger partial charge in [-0.3, -0.25) is 14.6 Å². The zero-order chi connectivity index (χ0) is 21.0. The summed E-state index contributed by atoms with van der Waals surface area (Å²) in [5, 5.41) is 20.1. The minimum absolute atomic E-state index is 0.0193. The number of aromatic hydroxyl groups is 1. The smallest absolute Gasteiger partial charge is 0.259 e. The molecule has 7 nitrogen and oxygen atoms in total. The van der Waals surface area contributed by atoms with Crippen LogP contribution in [-0.4, -0.2) is 71.0 Å². The van der Waals surface area contributed by atoms with E-state index in [4.69, 9.17) is 4.74 Å². The number of aromatic nitrogens is 1. The average Bonchev–Trinajstić information content (AvgIpc) is 2.72. The molecule has 7 heteroatoms. The highest BCUT2D eigenvalue weighted by molar-refractivity contribution is 5.46. The van der Waals surface area contributed by atoms with E-state index < -0.39 is 6.04 Å². The van der Waals surface area contributed by atoms with E-state index >= 15 is 0 Å². The number of pyridine rings is 1. The van der Waals surface area contributed by atoms with E-state index in [-0.39, 0.29) is 17.9 Å². The number of ether oxygens (including phenoxy) is 1. The third-order valence-corrected chi connectivity index (χ3v) is 5.73. The topological polar surface area (TPSA) is 78.2 Å². The van der Waals surface area contributed by atoms with Crippen LogP contribution in [-0.2, 0) is 6.54 Å². The van der Waals surface area contributed by atoms with Crippen LogP contribution in [0, 0.1) is 6.92 Å². The molecule has 2 aromatic rings. The number of hydrogen-bond acceptors (Lipinski definition) is 6. The van der Waals surface area contributed by atoms with Crippen LogP contribution in [0.2, 0.25) is 0 Å². The van der Waals surface area contributed by atoms with Gasteiger partial charge in [-0.15, -0.1) is 0 Å². The molecule has 0 radical (unpaired) electrons. The van der Waals surface area contributed by atoms with Crippen molar-refractivity contribution in [2.24, 2.45) is 0 Å². The number of nitrogens with zero attached hydrogens (tertiary/aromatic N) is 3. The average molecular weight is 402 g/mol. The first-order valence-electron chi connectivity index (χ1n) is 10.1. The number of para-hydroxylation sites is 1. The molecule has 0 amide bonds. The van der Waals surface area contributed by atoms with E-state index in [2.05, 4.69) is 9.80 Å². The third kappa shape index (κ3) is 4.32. The molecule has 29 heavy (non-hydrogen) atoms. The lowest BCUT2D eigenvalue weighted by Gasteiger charge is -2.39. The predicted molar refractivity (Wildman–Crippen MR) is 113 cm³/mol. The lowest BCUT2D eigenvalue weighted by atomic mass is 9.95. The Balaban J connectivity index is 2.12. The summed E-state index contributed by atoms with van der Waals surface area (Å²) in [7, 11) is 1.62. The van der Waals surface area contributed by atoms with Crippen molar-refractivity contribution in [2.45, 2.75) is 26.4 Å². The second-order valence-corrected chi connectivity index (χ2v) is 7.38. The largest absolute Gasteiger partial charge is 0.507 e. The van der Waals surface area contributed by atoms with Crippen LogP contribution < -0.4 is 10.3 Å². The number of aliphatic hydroxyl groups is 1. The van der Waals surface area contributed by atoms with E-state index in [1.807, 2.05) is 38.1 Å². The molecule has 3 rings (SSSR count). The van der Waals surface area contributed by atoms with Gasteiger partial charge in [0.15, 0.2) is 0 Å². The Hall–Kier alpha value is -2.35. The van der Waals surface area contributed by atoms with Gasteiger partial charge in [-0.05, 0) is 26.0 Å². The SMILES string of the molecule is CCn1c(C)cc(O)c([C@@H](c2ccccc2OC)N2CCN(CCO)CC2)c1=O. The van der Waals surface area contributed by atoms with Crippen molar-refractivity contribution < 1.29 is 14.9 Å². The van der Waals surface area contributed by atoms with Crippen LogP contribution in [0.5, 0.6) is 11.5 Å². The van der Waals surface area contributed by atoms with Crippen molar-refractivity contribution in [2.75, 3.05) is 46.4 Å². The van der Waals surface area contributed by atoms with Crippen LogP contribution in [0.25, 0.3) is 0 Å². The number of rotatable bonds is 7. The van der Waals surface area contributed by atoms with Crippen molar-refractivity contribution in [3.63, 3.8) is 0 Å². The van der Waals surface area contributed by atoms with E-state index in [9.17, 15) is 15.0 Å². The Morgan fingerprint density at radius 2 is 1.86 bits per heavy atom. The second-order valence-electron chi connectivity index (χ2n) is 7.38. The molecule has 0 aliphatic carbocycles. The molecule has 1 aliphatic heterocycles. The number of hydrogen-bond donors (Lipinski definition) is 2. The second kappa shape index (κ2) is 9.43. The maximum Gasteiger partial charge on any atom is 0.259 e. The van der Waals surface area contributed by atoms with Gasteiger partial charge in [0, 0.05) is 50.5 Å². The standard InChI is InChI=1S/C22H31N3O4/c1-4-25-16(2)15-18(27)20(22(25)28)21(17-7-5-6-8-19(17)29-3)24-11-9-23(10-12-24)13-14-26/h5-8,15,21,26-27H,4,9-14H2,1-3H3/t21-/m1/s1. The monoisotopic (exact) mass is 401 g/mol. The van der Waals surface area contributed by atoms with E-state index in [1.54, 1.807) is 17.7 Å². The first-order chi connectivity index (χ1) is 14.0. The van der Waals surface area contributed by atoms with Crippen molar-refractivity contribution >= 4 is 0 Å². The van der Waals surface area contributed by atoms with E-state index in [1.165, 1.54) is 0 Å². The Labute approximate surface area is 171 Å². The summed E-state index contributed by atoms with van der Waals surface area (Å²) < 4.78 is 7.29. The van der Waals surface area contributed by atoms with Crippen LogP contribution in [0.4, 0.5) is 0 Å². The number of aliphatic hydroxyl groups excluding tert-OH is 1. The normalized spacial score (nSPS) is 16.7. The van der Waals surface area contributed by atoms with Crippen LogP contribution in [0.3, 0.4) is 0 Å². The summed E-state index contributed by atoms with van der Waals surface area (Å²) in [6.45, 7) is 8.12. The van der Waals surface area contributed by atoms with Crippen molar-refractivity contribution in [3.8, 4) is 11.5 Å². The zero-order valence-corrected chi connectivity index (χ0v) is 17.5. The van der Waals surface area contributed by atoms with Gasteiger partial charge in [0.2, 0.25) is 0 Å². The summed E-state index contributed by atoms with van der Waals surface area (Å²) in [5.74, 6) is 0.712. The van der Waals surface area contributed by atoms with Gasteiger partial charge in [0.05, 0.1) is 25.3 Å². The molecule has 1 aromatic heterocycles. The zero-order valence-electron chi connectivity index (χ0n) is 17.5. The van der Waals surface area contributed by atoms with Crippen LogP contribution in [0.1, 0.15) is 29.8 Å². The molecule has 1 atom stereocenters. The summed E-state index contributed by atoms with van der Waals surface area (Å²) in [6.07, 6.45) is 0. The molecule has 1 aliphatic rings. The molecule has 0 spiro atoms. The third-order valence-electron chi connectivity index (χ3n) is 5.73. The maximum absolute atomic E-state index is 13.4. The molecule has 2 N–H and O–H groups in total. The molecule has 0 saturated carbocycles. The molecule has 1 aromatic carbocycles. The van der Waals surface area contributed by atoms with Crippen molar-refractivity contribution in [3.05, 3.63) is 57.5 Å². The predicted octanol–water partition coefficient (Wildman–Crippen LogP) is 1.59. The molecule has 0 bridgehead atoms. The van der Waals surface area contributed by atoms with Gasteiger partial charge in [0.1, 0.15) is 11.5 Å². The van der Waals surface area contributed by atoms with E-state index in [0.717, 1.165) is 37.4 Å². The Morgan fingerprint density at radius 1 is 1.17 bits per heavy atom. The van der Waals surface area contributed by atoms with Gasteiger partial charge in [-0.2, -0.15) is 0 Å². The highest BCUT2D eigenvalue weighted by Crippen LogP contribution is 2.37. The molecule has 2 heterocycles. The number of methoxy groups -OCH3 is 1. The fourth-order valence-electron chi connectivity index (χ4n) is 4.23. The van der Waals surface area contributed by atoms with Gasteiger partial charge in [-0.25, -0.2) is 0 Å². The van der Waals surface area contributed by atoms with Gasteiger partial charge in [0.25, 0.3) is 5.56 Å². The summed E-state index contributed by atoms with van der Waals surface area (Å²) in [5.41, 5.74) is 1.83. The molecule has 1 saturated heterocycles. The molecule has 0 unspecified atom stereocenters. The summed E-state index contributed by atoms with van der Waals surface area (Å²) in [6, 6.07) is 8.93. The first kappa shape index (κ1) is 21.4. The van der Waals surface area contributed by atoms with Crippen LogP contribution in [0.15, 0.2) is 35.1 Å². The quantitative estimate of drug-likeness (QED) is 0.734. The first-order valence-corrected chi connectivity index (χ1v) is 10.1.